The third kappa shape index (κ3) is 4.51. The summed E-state index contributed by atoms with van der Waals surface area (Å²) in [5.74, 6) is -0.0373. The molecule has 7 nitrogen and oxygen atoms in total. The molecule has 0 radical (unpaired) electrons. The molecule has 1 aromatic carbocycles. The highest BCUT2D eigenvalue weighted by Crippen LogP contribution is 2.34. The maximum absolute atomic E-state index is 13.5. The molecule has 4 rings (SSSR count). The minimum Gasteiger partial charge on any atom is -0.504 e. The Balaban J connectivity index is 1.91. The smallest absolute Gasteiger partial charge is 0.338 e. The summed E-state index contributed by atoms with van der Waals surface area (Å²) in [4.78, 5) is 32.3. The number of hydrogen-bond acceptors (Lipinski definition) is 8. The van der Waals surface area contributed by atoms with Crippen LogP contribution in [0.2, 0.25) is 0 Å². The van der Waals surface area contributed by atoms with Crippen LogP contribution in [0.5, 0.6) is 11.5 Å². The second-order valence-electron chi connectivity index (χ2n) is 7.10. The van der Waals surface area contributed by atoms with Gasteiger partial charge in [-0.3, -0.25) is 9.36 Å². The molecule has 0 amide bonds. The third-order valence-electron chi connectivity index (χ3n) is 4.98. The van der Waals surface area contributed by atoms with Gasteiger partial charge in [-0.2, -0.15) is 0 Å². The zero-order chi connectivity index (χ0) is 23.7. The number of fused-ring (bicyclic) bond motifs is 1. The highest BCUT2D eigenvalue weighted by atomic mass is 127. The van der Waals surface area contributed by atoms with Crippen molar-refractivity contribution in [3.05, 3.63) is 74.6 Å². The first-order valence-corrected chi connectivity index (χ1v) is 13.0. The zero-order valence-corrected chi connectivity index (χ0v) is 21.9. The molecule has 3 aromatic rings. The van der Waals surface area contributed by atoms with Crippen molar-refractivity contribution in [2.75, 3.05) is 13.2 Å². The first-order valence-electron chi connectivity index (χ1n) is 10.2. The number of aromatic hydroxyl groups is 1. The summed E-state index contributed by atoms with van der Waals surface area (Å²) in [5, 5.41) is 12.1. The number of nitrogens with zero attached hydrogens (tertiary/aromatic N) is 2. The molecule has 1 N–H and O–H groups in total. The maximum Gasteiger partial charge on any atom is 0.338 e. The van der Waals surface area contributed by atoms with E-state index in [0.717, 1.165) is 10.4 Å². The first-order chi connectivity index (χ1) is 15.8. The summed E-state index contributed by atoms with van der Waals surface area (Å²) in [6.45, 7) is 6.00. The number of rotatable bonds is 6. The molecular weight excluding hydrogens is 575 g/mol. The molecule has 1 unspecified atom stereocenters. The van der Waals surface area contributed by atoms with Crippen LogP contribution in [0, 0.1) is 3.57 Å². The lowest BCUT2D eigenvalue weighted by atomic mass is 10.0. The molecule has 0 bridgehead atoms. The highest BCUT2D eigenvalue weighted by Gasteiger charge is 2.33. The molecule has 0 fully saturated rings. The van der Waals surface area contributed by atoms with E-state index in [1.54, 1.807) is 36.6 Å². The number of phenols is 1. The van der Waals surface area contributed by atoms with E-state index in [1.165, 1.54) is 22.7 Å². The van der Waals surface area contributed by atoms with Crippen molar-refractivity contribution in [2.24, 2.45) is 4.99 Å². The molecule has 3 heterocycles. The number of hydrogen-bond donors (Lipinski definition) is 1. The van der Waals surface area contributed by atoms with Crippen LogP contribution in [-0.2, 0) is 9.53 Å². The van der Waals surface area contributed by atoms with Crippen molar-refractivity contribution >= 4 is 57.3 Å². The summed E-state index contributed by atoms with van der Waals surface area (Å²) in [5.41, 5.74) is 1.39. The molecule has 0 aliphatic carbocycles. The fraction of sp³-hybridized carbons (Fsp3) is 0.261. The van der Waals surface area contributed by atoms with Crippen molar-refractivity contribution in [1.82, 2.24) is 4.57 Å². The Labute approximate surface area is 211 Å². The second kappa shape index (κ2) is 9.82. The van der Waals surface area contributed by atoms with Crippen LogP contribution >= 0.6 is 45.3 Å². The van der Waals surface area contributed by atoms with Gasteiger partial charge in [0.1, 0.15) is 6.04 Å². The van der Waals surface area contributed by atoms with E-state index in [-0.39, 0.29) is 17.9 Å². The number of ether oxygens (including phenoxy) is 2. The van der Waals surface area contributed by atoms with Gasteiger partial charge in [0, 0.05) is 4.88 Å². The van der Waals surface area contributed by atoms with Gasteiger partial charge in [0.2, 0.25) is 0 Å². The molecule has 0 saturated carbocycles. The van der Waals surface area contributed by atoms with E-state index in [0.29, 0.717) is 36.5 Å². The van der Waals surface area contributed by atoms with Gasteiger partial charge in [-0.15, -0.1) is 11.3 Å². The van der Waals surface area contributed by atoms with Crippen LogP contribution in [0.25, 0.3) is 6.08 Å². The van der Waals surface area contributed by atoms with E-state index >= 15 is 0 Å². The van der Waals surface area contributed by atoms with E-state index in [9.17, 15) is 14.7 Å². The molecule has 0 saturated heterocycles. The van der Waals surface area contributed by atoms with Gasteiger partial charge in [0.05, 0.1) is 32.6 Å². The molecular formula is C23H21IN2O5S2. The van der Waals surface area contributed by atoms with Gasteiger partial charge in [-0.1, -0.05) is 17.4 Å². The van der Waals surface area contributed by atoms with E-state index in [4.69, 9.17) is 9.47 Å². The summed E-state index contributed by atoms with van der Waals surface area (Å²) >= 11 is 4.76. The standard InChI is InChI=1S/C23H21IN2O5S2/c1-4-30-15-10-13(9-14(24)20(15)27)11-17-21(28)26-19(16-7-6-8-32-16)18(22(29)31-5-2)12(3)25-23(26)33-17/h6-11,19,27H,4-5H2,1-3H3/b17-11+. The van der Waals surface area contributed by atoms with Crippen LogP contribution in [0.1, 0.15) is 37.3 Å². The number of aromatic nitrogens is 1. The number of esters is 1. The Kier molecular flexibility index (Phi) is 7.05. The van der Waals surface area contributed by atoms with Crippen LogP contribution in [0.3, 0.4) is 0 Å². The zero-order valence-electron chi connectivity index (χ0n) is 18.1. The number of benzene rings is 1. The van der Waals surface area contributed by atoms with Crippen LogP contribution in [-0.4, -0.2) is 28.9 Å². The quantitative estimate of drug-likeness (QED) is 0.347. The van der Waals surface area contributed by atoms with Gasteiger partial charge in [0.15, 0.2) is 16.3 Å². The number of halogens is 1. The van der Waals surface area contributed by atoms with Crippen molar-refractivity contribution in [3.8, 4) is 11.5 Å². The summed E-state index contributed by atoms with van der Waals surface area (Å²) in [6.07, 6.45) is 1.75. The van der Waals surface area contributed by atoms with Crippen molar-refractivity contribution < 1.29 is 19.4 Å². The predicted molar refractivity (Wildman–Crippen MR) is 137 cm³/mol. The fourth-order valence-electron chi connectivity index (χ4n) is 3.60. The van der Waals surface area contributed by atoms with Crippen LogP contribution in [0.4, 0.5) is 0 Å². The minimum absolute atomic E-state index is 0.0726. The molecule has 2 aromatic heterocycles. The molecule has 172 valence electrons. The lowest BCUT2D eigenvalue weighted by Gasteiger charge is -2.23. The normalized spacial score (nSPS) is 15.9. The Morgan fingerprint density at radius 3 is 2.79 bits per heavy atom. The first kappa shape index (κ1) is 23.7. The molecule has 10 heteroatoms. The number of allylic oxidation sites excluding steroid dienone is 1. The SMILES string of the molecule is CCOC(=O)C1=C(C)N=c2s/c(=C/c3cc(I)c(O)c(OCC)c3)c(=O)n2C1c1cccs1. The minimum atomic E-state index is -0.596. The van der Waals surface area contributed by atoms with Crippen molar-refractivity contribution in [1.29, 1.82) is 0 Å². The fourth-order valence-corrected chi connectivity index (χ4v) is 6.10. The van der Waals surface area contributed by atoms with Crippen LogP contribution < -0.4 is 19.6 Å². The Hall–Kier alpha value is -2.44. The number of thiazole rings is 1. The van der Waals surface area contributed by atoms with Gasteiger partial charge in [0.25, 0.3) is 5.56 Å². The van der Waals surface area contributed by atoms with Gasteiger partial charge < -0.3 is 14.6 Å². The Morgan fingerprint density at radius 2 is 2.12 bits per heavy atom. The number of carbonyl (C=O) groups excluding carboxylic acids is 1. The predicted octanol–water partition coefficient (Wildman–Crippen LogP) is 3.57. The number of phenolic OH excluding ortho intramolecular Hbond substituents is 1. The topological polar surface area (TPSA) is 90.1 Å². The molecule has 33 heavy (non-hydrogen) atoms. The number of carbonyl (C=O) groups is 1. The Bertz CT molecular complexity index is 1420. The summed E-state index contributed by atoms with van der Waals surface area (Å²) < 4.78 is 13.5. The molecule has 1 aliphatic rings. The largest absolute Gasteiger partial charge is 0.504 e. The van der Waals surface area contributed by atoms with Gasteiger partial charge in [-0.05, 0) is 78.6 Å². The molecule has 0 spiro atoms. The van der Waals surface area contributed by atoms with E-state index in [2.05, 4.69) is 4.99 Å². The average molecular weight is 596 g/mol. The average Bonchev–Trinajstić information content (AvgIpc) is 3.40. The third-order valence-corrected chi connectivity index (χ3v) is 7.71. The van der Waals surface area contributed by atoms with Crippen molar-refractivity contribution in [2.45, 2.75) is 26.8 Å². The van der Waals surface area contributed by atoms with Gasteiger partial charge >= 0.3 is 5.97 Å². The van der Waals surface area contributed by atoms with E-state index < -0.39 is 12.0 Å². The molecule has 1 atom stereocenters. The summed E-state index contributed by atoms with van der Waals surface area (Å²) in [7, 11) is 0. The van der Waals surface area contributed by atoms with Gasteiger partial charge in [-0.25, -0.2) is 9.79 Å². The lowest BCUT2D eigenvalue weighted by Crippen LogP contribution is -2.39. The lowest BCUT2D eigenvalue weighted by molar-refractivity contribution is -0.139. The van der Waals surface area contributed by atoms with Crippen LogP contribution in [0.15, 0.2) is 50.7 Å². The second-order valence-corrected chi connectivity index (χ2v) is 10.3. The summed E-state index contributed by atoms with van der Waals surface area (Å²) in [6, 6.07) is 6.68. The number of thiophene rings is 1. The van der Waals surface area contributed by atoms with Crippen molar-refractivity contribution in [3.63, 3.8) is 0 Å². The maximum atomic E-state index is 13.5. The van der Waals surface area contributed by atoms with E-state index in [1.807, 2.05) is 47.0 Å². The monoisotopic (exact) mass is 596 g/mol. The Morgan fingerprint density at radius 1 is 1.33 bits per heavy atom. The molecule has 1 aliphatic heterocycles. The highest BCUT2D eigenvalue weighted by molar-refractivity contribution is 14.1.